The minimum absolute atomic E-state index is 0.0376. The number of amides is 1. The molecule has 116 valence electrons. The van der Waals surface area contributed by atoms with Gasteiger partial charge >= 0.3 is 12.1 Å². The summed E-state index contributed by atoms with van der Waals surface area (Å²) in [5.74, 6) is -0.425. The summed E-state index contributed by atoms with van der Waals surface area (Å²) in [6, 6.07) is -0.995. The van der Waals surface area contributed by atoms with Crippen LogP contribution in [0.3, 0.4) is 0 Å². The predicted octanol–water partition coefficient (Wildman–Crippen LogP) is 1.38. The summed E-state index contributed by atoms with van der Waals surface area (Å²) in [6.45, 7) is 10.4. The number of alkyl carbamates (subject to hydrolysis) is 1. The van der Waals surface area contributed by atoms with Crippen LogP contribution in [0.5, 0.6) is 0 Å². The molecule has 0 saturated heterocycles. The van der Waals surface area contributed by atoms with E-state index in [-0.39, 0.29) is 18.1 Å². The lowest BCUT2D eigenvalue weighted by Crippen LogP contribution is -2.47. The van der Waals surface area contributed by atoms with E-state index < -0.39 is 34.5 Å². The Kier molecular flexibility index (Phi) is 8.13. The fraction of sp³-hybridized carbons (Fsp3) is 0.692. The van der Waals surface area contributed by atoms with Gasteiger partial charge in [-0.25, -0.2) is 9.59 Å². The van der Waals surface area contributed by atoms with Crippen molar-refractivity contribution in [3.05, 3.63) is 12.7 Å². The molecule has 0 aliphatic rings. The van der Waals surface area contributed by atoms with E-state index in [2.05, 4.69) is 11.9 Å². The summed E-state index contributed by atoms with van der Waals surface area (Å²) in [4.78, 5) is 23.4. The average molecular weight is 305 g/mol. The highest BCUT2D eigenvalue weighted by Crippen LogP contribution is 2.07. The van der Waals surface area contributed by atoms with E-state index >= 15 is 0 Å². The molecule has 0 heterocycles. The van der Waals surface area contributed by atoms with Crippen molar-refractivity contribution in [2.45, 2.75) is 39.3 Å². The van der Waals surface area contributed by atoms with E-state index in [0.717, 1.165) is 0 Å². The van der Waals surface area contributed by atoms with Crippen LogP contribution in [0.15, 0.2) is 12.7 Å². The first kappa shape index (κ1) is 18.6. The van der Waals surface area contributed by atoms with Crippen molar-refractivity contribution in [1.29, 1.82) is 0 Å². The molecule has 0 aliphatic heterocycles. The molecule has 0 fully saturated rings. The number of rotatable bonds is 7. The summed E-state index contributed by atoms with van der Waals surface area (Å²) in [7, 11) is -1.30. The first-order valence-electron chi connectivity index (χ1n) is 6.31. The van der Waals surface area contributed by atoms with Crippen LogP contribution >= 0.6 is 0 Å². The van der Waals surface area contributed by atoms with Crippen molar-refractivity contribution in [3.63, 3.8) is 0 Å². The zero-order valence-corrected chi connectivity index (χ0v) is 13.2. The number of ether oxygens (including phenoxy) is 2. The highest BCUT2D eigenvalue weighted by Gasteiger charge is 2.26. The first-order valence-corrected chi connectivity index (χ1v) is 7.80. The Morgan fingerprint density at radius 3 is 2.45 bits per heavy atom. The molecule has 1 unspecified atom stereocenters. The average Bonchev–Trinajstić information content (AvgIpc) is 2.26. The van der Waals surface area contributed by atoms with Gasteiger partial charge in [-0.2, -0.15) is 0 Å². The number of hydrogen-bond donors (Lipinski definition) is 1. The van der Waals surface area contributed by atoms with E-state index in [1.54, 1.807) is 27.7 Å². The van der Waals surface area contributed by atoms with Crippen LogP contribution in [0.25, 0.3) is 0 Å². The maximum absolute atomic E-state index is 11.7. The summed E-state index contributed by atoms with van der Waals surface area (Å²) >= 11 is 0. The van der Waals surface area contributed by atoms with Gasteiger partial charge in [0.05, 0.1) is 12.4 Å². The zero-order chi connectivity index (χ0) is 15.8. The molecule has 0 rings (SSSR count). The molecule has 20 heavy (non-hydrogen) atoms. The Hall–Kier alpha value is -1.37. The zero-order valence-electron chi connectivity index (χ0n) is 12.4. The van der Waals surface area contributed by atoms with Crippen LogP contribution < -0.4 is 5.32 Å². The third-order valence-electron chi connectivity index (χ3n) is 1.92. The Bertz CT molecular complexity index is 375. The van der Waals surface area contributed by atoms with Gasteiger partial charge in [0.2, 0.25) is 0 Å². The molecule has 1 amide bonds. The third kappa shape index (κ3) is 8.68. The quantitative estimate of drug-likeness (QED) is 0.567. The summed E-state index contributed by atoms with van der Waals surface area (Å²) in [5.41, 5.74) is -0.677. The number of nitrogens with one attached hydrogen (secondary N) is 1. The molecular weight excluding hydrogens is 282 g/mol. The van der Waals surface area contributed by atoms with Crippen molar-refractivity contribution in [2.24, 2.45) is 0 Å². The summed E-state index contributed by atoms with van der Waals surface area (Å²) in [5, 5.41) is 2.38. The number of esters is 1. The fourth-order valence-electron chi connectivity index (χ4n) is 1.25. The maximum Gasteiger partial charge on any atom is 0.408 e. The van der Waals surface area contributed by atoms with Crippen molar-refractivity contribution in [3.8, 4) is 0 Å². The fourth-order valence-corrected chi connectivity index (χ4v) is 2.24. The van der Waals surface area contributed by atoms with Gasteiger partial charge in [-0.05, 0) is 27.7 Å². The number of carbonyl (C=O) groups is 2. The summed E-state index contributed by atoms with van der Waals surface area (Å²) in [6.07, 6.45) is 0.748. The highest BCUT2D eigenvalue weighted by molar-refractivity contribution is 7.85. The lowest BCUT2D eigenvalue weighted by molar-refractivity contribution is -0.145. The van der Waals surface area contributed by atoms with Crippen LogP contribution in [0.2, 0.25) is 0 Å². The largest absolute Gasteiger partial charge is 0.464 e. The lowest BCUT2D eigenvalue weighted by atomic mass is 10.2. The number of hydrogen-bond acceptors (Lipinski definition) is 5. The van der Waals surface area contributed by atoms with Gasteiger partial charge in [0, 0.05) is 16.6 Å². The molecule has 0 spiro atoms. The molecule has 0 aromatic carbocycles. The van der Waals surface area contributed by atoms with Crippen molar-refractivity contribution >= 4 is 22.9 Å². The van der Waals surface area contributed by atoms with Crippen LogP contribution in [-0.2, 0) is 25.1 Å². The van der Waals surface area contributed by atoms with Gasteiger partial charge in [0.15, 0.2) is 0 Å². The molecule has 0 aromatic rings. The van der Waals surface area contributed by atoms with Crippen LogP contribution in [0.4, 0.5) is 4.79 Å². The van der Waals surface area contributed by atoms with E-state index in [4.69, 9.17) is 9.47 Å². The van der Waals surface area contributed by atoms with Gasteiger partial charge < -0.3 is 14.8 Å². The van der Waals surface area contributed by atoms with E-state index in [0.29, 0.717) is 0 Å². The van der Waals surface area contributed by atoms with Crippen LogP contribution in [0.1, 0.15) is 27.7 Å². The molecule has 0 aromatic heterocycles. The number of carbonyl (C=O) groups excluding carboxylic acids is 2. The van der Waals surface area contributed by atoms with Crippen molar-refractivity contribution in [1.82, 2.24) is 5.32 Å². The lowest BCUT2D eigenvalue weighted by Gasteiger charge is -2.22. The predicted molar refractivity (Wildman–Crippen MR) is 77.9 cm³/mol. The Labute approximate surface area is 122 Å². The van der Waals surface area contributed by atoms with Gasteiger partial charge in [0.1, 0.15) is 11.6 Å². The minimum atomic E-state index is -1.30. The molecule has 1 N–H and O–H groups in total. The van der Waals surface area contributed by atoms with Gasteiger partial charge in [-0.1, -0.05) is 6.08 Å². The van der Waals surface area contributed by atoms with E-state index in [9.17, 15) is 13.8 Å². The van der Waals surface area contributed by atoms with Crippen molar-refractivity contribution in [2.75, 3.05) is 18.1 Å². The monoisotopic (exact) mass is 305 g/mol. The topological polar surface area (TPSA) is 81.7 Å². The van der Waals surface area contributed by atoms with E-state index in [1.165, 1.54) is 6.08 Å². The standard InChI is InChI=1S/C13H23NO5S/c1-6-8-20(17)9-10(11(15)18-7-2)14-12(16)19-13(3,4)5/h6,10H,1,7-9H2,2-5H3,(H,14,16)/t10-,20?/m0/s1. The Morgan fingerprint density at radius 1 is 1.40 bits per heavy atom. The molecule has 0 saturated carbocycles. The minimum Gasteiger partial charge on any atom is -0.464 e. The van der Waals surface area contributed by atoms with Crippen molar-refractivity contribution < 1.29 is 23.3 Å². The summed E-state index contributed by atoms with van der Waals surface area (Å²) < 4.78 is 21.6. The normalized spacial score (nSPS) is 14.0. The second kappa shape index (κ2) is 8.73. The van der Waals surface area contributed by atoms with Gasteiger partial charge in [0.25, 0.3) is 0 Å². The Morgan fingerprint density at radius 2 is 2.00 bits per heavy atom. The van der Waals surface area contributed by atoms with Gasteiger partial charge in [-0.15, -0.1) is 6.58 Å². The second-order valence-electron chi connectivity index (χ2n) is 5.01. The molecule has 0 bridgehead atoms. The molecule has 2 atom stereocenters. The molecule has 0 aliphatic carbocycles. The Balaban J connectivity index is 4.68. The second-order valence-corrected chi connectivity index (χ2v) is 6.56. The van der Waals surface area contributed by atoms with Crippen LogP contribution in [-0.4, -0.2) is 46.0 Å². The van der Waals surface area contributed by atoms with Gasteiger partial charge in [-0.3, -0.25) is 4.21 Å². The molecule has 7 heteroatoms. The SMILES string of the molecule is C=CCS(=O)C[C@H](NC(=O)OC(C)(C)C)C(=O)OCC. The molecular formula is C13H23NO5S. The van der Waals surface area contributed by atoms with E-state index in [1.807, 2.05) is 0 Å². The molecule has 6 nitrogen and oxygen atoms in total. The first-order chi connectivity index (χ1) is 9.19. The highest BCUT2D eigenvalue weighted by atomic mass is 32.2. The molecule has 0 radical (unpaired) electrons. The third-order valence-corrected chi connectivity index (χ3v) is 3.23. The smallest absolute Gasteiger partial charge is 0.408 e. The van der Waals surface area contributed by atoms with Crippen LogP contribution in [0, 0.1) is 0 Å². The maximum atomic E-state index is 11.7.